The van der Waals surface area contributed by atoms with E-state index in [0.29, 0.717) is 18.3 Å². The van der Waals surface area contributed by atoms with Crippen molar-refractivity contribution in [2.45, 2.75) is 42.9 Å². The molecule has 136 valence electrons. The first-order valence-electron chi connectivity index (χ1n) is 9.11. The molecule has 0 aliphatic carbocycles. The Labute approximate surface area is 154 Å². The largest absolute Gasteiger partial charge is 0.337 e. The van der Waals surface area contributed by atoms with Gasteiger partial charge in [0.25, 0.3) is 5.91 Å². The van der Waals surface area contributed by atoms with Gasteiger partial charge in [0.1, 0.15) is 0 Å². The van der Waals surface area contributed by atoms with Crippen molar-refractivity contribution in [3.63, 3.8) is 0 Å². The molecule has 0 bridgehead atoms. The number of carbonyl (C=O) groups excluding carboxylic acids is 2. The number of likely N-dealkylation sites (tertiary alicyclic amines) is 1. The molecule has 0 spiro atoms. The van der Waals surface area contributed by atoms with Crippen LogP contribution in [0.3, 0.4) is 0 Å². The van der Waals surface area contributed by atoms with Crippen molar-refractivity contribution in [1.29, 1.82) is 0 Å². The molecule has 1 aromatic rings. The molecule has 1 aromatic carbocycles. The molecule has 0 aromatic heterocycles. The molecule has 2 heterocycles. The molecule has 5 nitrogen and oxygen atoms in total. The summed E-state index contributed by atoms with van der Waals surface area (Å²) in [4.78, 5) is 30.2. The van der Waals surface area contributed by atoms with E-state index < -0.39 is 0 Å². The predicted molar refractivity (Wildman–Crippen MR) is 101 cm³/mol. The van der Waals surface area contributed by atoms with Gasteiger partial charge in [-0.3, -0.25) is 9.59 Å². The van der Waals surface area contributed by atoms with Gasteiger partial charge in [0.05, 0.1) is 12.1 Å². The highest BCUT2D eigenvalue weighted by Gasteiger charge is 2.32. The van der Waals surface area contributed by atoms with E-state index in [9.17, 15) is 9.59 Å². The van der Waals surface area contributed by atoms with Crippen LogP contribution in [0.4, 0.5) is 0 Å². The number of piperidine rings is 1. The minimum atomic E-state index is 0.0935. The molecule has 2 fully saturated rings. The summed E-state index contributed by atoms with van der Waals surface area (Å²) in [5, 5.41) is 3.55. The highest BCUT2D eigenvalue weighted by molar-refractivity contribution is 8.00. The molecule has 1 N–H and O–H groups in total. The third-order valence-corrected chi connectivity index (χ3v) is 5.81. The lowest BCUT2D eigenvalue weighted by Gasteiger charge is -2.41. The van der Waals surface area contributed by atoms with Gasteiger partial charge in [0.2, 0.25) is 5.91 Å². The number of hydrogen-bond donors (Lipinski definition) is 1. The Hall–Kier alpha value is -1.53. The van der Waals surface area contributed by atoms with E-state index in [1.165, 1.54) is 0 Å². The van der Waals surface area contributed by atoms with Crippen LogP contribution in [0.15, 0.2) is 29.2 Å². The molecule has 3 rings (SSSR count). The zero-order valence-corrected chi connectivity index (χ0v) is 15.8. The van der Waals surface area contributed by atoms with Crippen molar-refractivity contribution in [2.24, 2.45) is 0 Å². The molecule has 2 amide bonds. The number of benzene rings is 1. The third kappa shape index (κ3) is 4.36. The fraction of sp³-hybridized carbons (Fsp3) is 0.579. The maximum atomic E-state index is 13.1. The van der Waals surface area contributed by atoms with Crippen LogP contribution < -0.4 is 5.32 Å². The Bertz CT molecular complexity index is 635. The van der Waals surface area contributed by atoms with Crippen LogP contribution in [0.1, 0.15) is 37.0 Å². The average molecular weight is 362 g/mol. The summed E-state index contributed by atoms with van der Waals surface area (Å²) in [6, 6.07) is 8.02. The van der Waals surface area contributed by atoms with Gasteiger partial charge in [-0.1, -0.05) is 26.0 Å². The van der Waals surface area contributed by atoms with Gasteiger partial charge in [-0.15, -0.1) is 11.8 Å². The topological polar surface area (TPSA) is 52.7 Å². The van der Waals surface area contributed by atoms with Crippen molar-refractivity contribution >= 4 is 23.6 Å². The van der Waals surface area contributed by atoms with Crippen LogP contribution in [0.25, 0.3) is 0 Å². The molecule has 0 radical (unpaired) electrons. The second-order valence-corrected chi connectivity index (χ2v) is 8.59. The first-order valence-corrected chi connectivity index (χ1v) is 9.99. The molecule has 1 unspecified atom stereocenters. The van der Waals surface area contributed by atoms with E-state index in [0.717, 1.165) is 42.9 Å². The average Bonchev–Trinajstić information content (AvgIpc) is 2.62. The monoisotopic (exact) mass is 361 g/mol. The van der Waals surface area contributed by atoms with Crippen LogP contribution in [-0.4, -0.2) is 65.6 Å². The van der Waals surface area contributed by atoms with Crippen LogP contribution in [0.2, 0.25) is 0 Å². The summed E-state index contributed by atoms with van der Waals surface area (Å²) >= 11 is 1.73. The lowest BCUT2D eigenvalue weighted by atomic mass is 10.0. The Morgan fingerprint density at radius 1 is 1.28 bits per heavy atom. The Morgan fingerprint density at radius 2 is 2.08 bits per heavy atom. The molecule has 25 heavy (non-hydrogen) atoms. The fourth-order valence-electron chi connectivity index (χ4n) is 3.57. The van der Waals surface area contributed by atoms with Crippen molar-refractivity contribution in [2.75, 3.05) is 32.7 Å². The standard InChI is InChI=1S/C19H27N3O2S/c1-14(2)25-17-8-4-3-7-16(17)19(24)21-10-5-6-15(13-21)22-11-9-20-12-18(22)23/h3-4,7-8,14-15,20H,5-6,9-13H2,1-2H3. The smallest absolute Gasteiger partial charge is 0.255 e. The van der Waals surface area contributed by atoms with Gasteiger partial charge in [0, 0.05) is 42.4 Å². The number of carbonyl (C=O) groups is 2. The Balaban J connectivity index is 1.73. The van der Waals surface area contributed by atoms with Crippen molar-refractivity contribution < 1.29 is 9.59 Å². The zero-order valence-electron chi connectivity index (χ0n) is 15.0. The number of rotatable bonds is 4. The Kier molecular flexibility index (Phi) is 6.02. The number of piperazine rings is 1. The van der Waals surface area contributed by atoms with Crippen molar-refractivity contribution in [1.82, 2.24) is 15.1 Å². The number of thioether (sulfide) groups is 1. The fourth-order valence-corrected chi connectivity index (χ4v) is 4.52. The number of amides is 2. The van der Waals surface area contributed by atoms with Crippen LogP contribution in [-0.2, 0) is 4.79 Å². The van der Waals surface area contributed by atoms with Gasteiger partial charge < -0.3 is 15.1 Å². The minimum absolute atomic E-state index is 0.0935. The summed E-state index contributed by atoms with van der Waals surface area (Å²) < 4.78 is 0. The molecule has 1 atom stereocenters. The van der Waals surface area contributed by atoms with E-state index in [2.05, 4.69) is 19.2 Å². The number of nitrogens with zero attached hydrogens (tertiary/aromatic N) is 2. The van der Waals surface area contributed by atoms with E-state index in [-0.39, 0.29) is 17.9 Å². The van der Waals surface area contributed by atoms with E-state index in [1.54, 1.807) is 11.8 Å². The summed E-state index contributed by atoms with van der Waals surface area (Å²) in [5.41, 5.74) is 0.786. The first kappa shape index (κ1) is 18.3. The van der Waals surface area contributed by atoms with Crippen molar-refractivity contribution in [3.8, 4) is 0 Å². The predicted octanol–water partition coefficient (Wildman–Crippen LogP) is 2.22. The normalized spacial score (nSPS) is 21.7. The minimum Gasteiger partial charge on any atom is -0.337 e. The highest BCUT2D eigenvalue weighted by Crippen LogP contribution is 2.28. The summed E-state index contributed by atoms with van der Waals surface area (Å²) in [6.45, 7) is 7.69. The third-order valence-electron chi connectivity index (χ3n) is 4.73. The zero-order chi connectivity index (χ0) is 17.8. The first-order chi connectivity index (χ1) is 12.1. The van der Waals surface area contributed by atoms with Gasteiger partial charge in [-0.05, 0) is 25.0 Å². The van der Waals surface area contributed by atoms with Gasteiger partial charge in [-0.2, -0.15) is 0 Å². The SMILES string of the molecule is CC(C)Sc1ccccc1C(=O)N1CCCC(N2CCNCC2=O)C1. The van der Waals surface area contributed by atoms with Crippen molar-refractivity contribution in [3.05, 3.63) is 29.8 Å². The number of nitrogens with one attached hydrogen (secondary N) is 1. The molecule has 2 aliphatic rings. The van der Waals surface area contributed by atoms with E-state index in [1.807, 2.05) is 34.1 Å². The van der Waals surface area contributed by atoms with Crippen LogP contribution in [0, 0.1) is 0 Å². The molecular weight excluding hydrogens is 334 g/mol. The highest BCUT2D eigenvalue weighted by atomic mass is 32.2. The summed E-state index contributed by atoms with van der Waals surface area (Å²) in [5.74, 6) is 0.248. The maximum Gasteiger partial charge on any atom is 0.255 e. The molecule has 0 saturated carbocycles. The second-order valence-electron chi connectivity index (χ2n) is 6.97. The summed E-state index contributed by atoms with van der Waals surface area (Å²) in [6.07, 6.45) is 1.94. The molecule has 6 heteroatoms. The van der Waals surface area contributed by atoms with Gasteiger partial charge in [0.15, 0.2) is 0 Å². The lowest BCUT2D eigenvalue weighted by molar-refractivity contribution is -0.135. The van der Waals surface area contributed by atoms with Crippen LogP contribution in [0.5, 0.6) is 0 Å². The molecule has 2 aliphatic heterocycles. The van der Waals surface area contributed by atoms with Crippen LogP contribution >= 0.6 is 11.8 Å². The Morgan fingerprint density at radius 3 is 2.84 bits per heavy atom. The second kappa shape index (κ2) is 8.23. The summed E-state index contributed by atoms with van der Waals surface area (Å²) in [7, 11) is 0. The number of hydrogen-bond acceptors (Lipinski definition) is 4. The molecule has 2 saturated heterocycles. The lowest BCUT2D eigenvalue weighted by Crippen LogP contribution is -2.57. The quantitative estimate of drug-likeness (QED) is 0.836. The van der Waals surface area contributed by atoms with Gasteiger partial charge in [-0.25, -0.2) is 0 Å². The van der Waals surface area contributed by atoms with Gasteiger partial charge >= 0.3 is 0 Å². The molecular formula is C19H27N3O2S. The van der Waals surface area contributed by atoms with E-state index >= 15 is 0 Å². The maximum absolute atomic E-state index is 13.1. The van der Waals surface area contributed by atoms with E-state index in [4.69, 9.17) is 0 Å².